The maximum absolute atomic E-state index is 12.6. The molecule has 2 amide bonds. The van der Waals surface area contributed by atoms with E-state index in [1.165, 1.54) is 25.3 Å². The smallest absolute Gasteiger partial charge is 0.273 e. The fraction of sp³-hybridized carbons (Fsp3) is 0.263. The highest BCUT2D eigenvalue weighted by Gasteiger charge is 2.35. The van der Waals surface area contributed by atoms with Crippen molar-refractivity contribution in [3.05, 3.63) is 58.1 Å². The number of hydrogen-bond donors (Lipinski definition) is 1. The Morgan fingerprint density at radius 1 is 1.30 bits per heavy atom. The molecule has 0 radical (unpaired) electrons. The number of ether oxygens (including phenoxy) is 1. The summed E-state index contributed by atoms with van der Waals surface area (Å²) in [5.74, 6) is -0.766. The van der Waals surface area contributed by atoms with E-state index in [-0.39, 0.29) is 36.2 Å². The second kappa shape index (κ2) is 7.45. The van der Waals surface area contributed by atoms with Crippen molar-refractivity contribution in [3.63, 3.8) is 0 Å². The second-order valence-corrected chi connectivity index (χ2v) is 6.38. The summed E-state index contributed by atoms with van der Waals surface area (Å²) in [6.07, 6.45) is 0.106. The predicted octanol–water partition coefficient (Wildman–Crippen LogP) is 2.90. The molecular weight excluding hydrogens is 350 g/mol. The number of carbonyl (C=O) groups excluding carboxylic acids is 2. The minimum Gasteiger partial charge on any atom is -0.494 e. The largest absolute Gasteiger partial charge is 0.494 e. The predicted molar refractivity (Wildman–Crippen MR) is 99.9 cm³/mol. The van der Waals surface area contributed by atoms with Crippen molar-refractivity contribution in [1.82, 2.24) is 0 Å². The molecule has 1 fully saturated rings. The summed E-state index contributed by atoms with van der Waals surface area (Å²) in [6, 6.07) is 11.5. The highest BCUT2D eigenvalue weighted by Crippen LogP contribution is 2.31. The number of non-ortho nitro benzene ring substituents is 1. The molecule has 1 saturated heterocycles. The standard InChI is InChI=1S/C19H19N3O5/c1-12-4-3-5-14(8-12)21-11-13(9-18(21)23)19(24)20-16-7-6-15(22(25)26)10-17(16)27-2/h3-8,10,13H,9,11H2,1-2H3,(H,20,24). The van der Waals surface area contributed by atoms with E-state index in [0.717, 1.165) is 11.3 Å². The Hall–Kier alpha value is -3.42. The summed E-state index contributed by atoms with van der Waals surface area (Å²) < 4.78 is 5.13. The zero-order valence-electron chi connectivity index (χ0n) is 15.0. The first kappa shape index (κ1) is 18.4. The molecule has 3 rings (SSSR count). The van der Waals surface area contributed by atoms with E-state index in [1.807, 2.05) is 31.2 Å². The van der Waals surface area contributed by atoms with Crippen LogP contribution in [0.3, 0.4) is 0 Å². The van der Waals surface area contributed by atoms with E-state index >= 15 is 0 Å². The molecule has 2 aromatic carbocycles. The molecule has 0 spiro atoms. The van der Waals surface area contributed by atoms with Gasteiger partial charge >= 0.3 is 0 Å². The molecule has 0 aromatic heterocycles. The number of nitro groups is 1. The quantitative estimate of drug-likeness (QED) is 0.645. The van der Waals surface area contributed by atoms with Gasteiger partial charge in [-0.2, -0.15) is 0 Å². The monoisotopic (exact) mass is 369 g/mol. The fourth-order valence-corrected chi connectivity index (χ4v) is 3.06. The third kappa shape index (κ3) is 3.89. The normalized spacial score (nSPS) is 16.3. The summed E-state index contributed by atoms with van der Waals surface area (Å²) in [7, 11) is 1.37. The minimum atomic E-state index is -0.538. The van der Waals surface area contributed by atoms with Gasteiger partial charge in [0.05, 0.1) is 29.7 Å². The second-order valence-electron chi connectivity index (χ2n) is 6.38. The third-order valence-corrected chi connectivity index (χ3v) is 4.46. The van der Waals surface area contributed by atoms with Gasteiger partial charge in [0.1, 0.15) is 5.75 Å². The van der Waals surface area contributed by atoms with Gasteiger partial charge in [-0.25, -0.2) is 0 Å². The molecular formula is C19H19N3O5. The first-order chi connectivity index (χ1) is 12.9. The molecule has 1 atom stereocenters. The van der Waals surface area contributed by atoms with Crippen LogP contribution in [-0.4, -0.2) is 30.4 Å². The lowest BCUT2D eigenvalue weighted by Crippen LogP contribution is -2.28. The van der Waals surface area contributed by atoms with Crippen LogP contribution >= 0.6 is 0 Å². The topological polar surface area (TPSA) is 102 Å². The molecule has 1 aliphatic rings. The van der Waals surface area contributed by atoms with Crippen molar-refractivity contribution in [3.8, 4) is 5.75 Å². The molecule has 2 aromatic rings. The number of aryl methyl sites for hydroxylation is 1. The Labute approximate surface area is 155 Å². The van der Waals surface area contributed by atoms with Gasteiger partial charge in [0.2, 0.25) is 11.8 Å². The van der Waals surface area contributed by atoms with Crippen LogP contribution < -0.4 is 15.0 Å². The number of rotatable bonds is 5. The van der Waals surface area contributed by atoms with Gasteiger partial charge < -0.3 is 15.0 Å². The Balaban J connectivity index is 1.74. The van der Waals surface area contributed by atoms with E-state index in [2.05, 4.69) is 5.32 Å². The minimum absolute atomic E-state index is 0.106. The molecule has 27 heavy (non-hydrogen) atoms. The number of carbonyl (C=O) groups is 2. The third-order valence-electron chi connectivity index (χ3n) is 4.46. The molecule has 0 aliphatic carbocycles. The number of amides is 2. The van der Waals surface area contributed by atoms with Gasteiger partial charge in [0, 0.05) is 24.7 Å². The Morgan fingerprint density at radius 2 is 2.07 bits per heavy atom. The maximum Gasteiger partial charge on any atom is 0.273 e. The SMILES string of the molecule is COc1cc([N+](=O)[O-])ccc1NC(=O)C1CC(=O)N(c2cccc(C)c2)C1. The first-order valence-electron chi connectivity index (χ1n) is 8.39. The summed E-state index contributed by atoms with van der Waals surface area (Å²) in [5.41, 5.74) is 1.99. The Morgan fingerprint density at radius 3 is 2.74 bits per heavy atom. The maximum atomic E-state index is 12.6. The van der Waals surface area contributed by atoms with Crippen LogP contribution in [0.1, 0.15) is 12.0 Å². The van der Waals surface area contributed by atoms with Gasteiger partial charge in [0.15, 0.2) is 0 Å². The van der Waals surface area contributed by atoms with Gasteiger partial charge in [-0.1, -0.05) is 12.1 Å². The van der Waals surface area contributed by atoms with Crippen molar-refractivity contribution < 1.29 is 19.2 Å². The molecule has 0 saturated carbocycles. The summed E-state index contributed by atoms with van der Waals surface area (Å²) in [4.78, 5) is 36.9. The van der Waals surface area contributed by atoms with Crippen LogP contribution in [0, 0.1) is 23.0 Å². The molecule has 8 heteroatoms. The number of anilines is 2. The van der Waals surface area contributed by atoms with Gasteiger partial charge in [-0.05, 0) is 30.7 Å². The summed E-state index contributed by atoms with van der Waals surface area (Å²) in [5, 5.41) is 13.6. The molecule has 1 unspecified atom stereocenters. The number of hydrogen-bond acceptors (Lipinski definition) is 5. The van der Waals surface area contributed by atoms with E-state index in [9.17, 15) is 19.7 Å². The average molecular weight is 369 g/mol. The van der Waals surface area contributed by atoms with Crippen molar-refractivity contribution in [1.29, 1.82) is 0 Å². The zero-order valence-corrected chi connectivity index (χ0v) is 15.0. The molecule has 1 N–H and O–H groups in total. The van der Waals surface area contributed by atoms with E-state index in [1.54, 1.807) is 4.90 Å². The molecule has 0 bridgehead atoms. The number of nitro benzene ring substituents is 1. The highest BCUT2D eigenvalue weighted by atomic mass is 16.6. The average Bonchev–Trinajstić information content (AvgIpc) is 3.03. The van der Waals surface area contributed by atoms with Crippen molar-refractivity contribution in [2.45, 2.75) is 13.3 Å². The lowest BCUT2D eigenvalue weighted by atomic mass is 10.1. The van der Waals surface area contributed by atoms with Crippen LogP contribution in [-0.2, 0) is 9.59 Å². The van der Waals surface area contributed by atoms with Crippen LogP contribution in [0.2, 0.25) is 0 Å². The molecule has 8 nitrogen and oxygen atoms in total. The van der Waals surface area contributed by atoms with E-state index in [4.69, 9.17) is 4.74 Å². The number of benzene rings is 2. The number of nitrogens with one attached hydrogen (secondary N) is 1. The summed E-state index contributed by atoms with van der Waals surface area (Å²) >= 11 is 0. The fourth-order valence-electron chi connectivity index (χ4n) is 3.06. The van der Waals surface area contributed by atoms with Crippen LogP contribution in [0.5, 0.6) is 5.75 Å². The zero-order chi connectivity index (χ0) is 19.6. The molecule has 1 aliphatic heterocycles. The van der Waals surface area contributed by atoms with Crippen molar-refractivity contribution in [2.24, 2.45) is 5.92 Å². The molecule has 1 heterocycles. The van der Waals surface area contributed by atoms with Crippen molar-refractivity contribution >= 4 is 28.9 Å². The Bertz CT molecular complexity index is 912. The van der Waals surface area contributed by atoms with Crippen LogP contribution in [0.25, 0.3) is 0 Å². The van der Waals surface area contributed by atoms with E-state index < -0.39 is 10.8 Å². The van der Waals surface area contributed by atoms with Crippen LogP contribution in [0.4, 0.5) is 17.1 Å². The highest BCUT2D eigenvalue weighted by molar-refractivity contribution is 6.04. The van der Waals surface area contributed by atoms with Gasteiger partial charge in [-0.15, -0.1) is 0 Å². The van der Waals surface area contributed by atoms with E-state index in [0.29, 0.717) is 5.69 Å². The van der Waals surface area contributed by atoms with Crippen LogP contribution in [0.15, 0.2) is 42.5 Å². The molecule has 140 valence electrons. The van der Waals surface area contributed by atoms with Crippen molar-refractivity contribution in [2.75, 3.05) is 23.9 Å². The lowest BCUT2D eigenvalue weighted by Gasteiger charge is -2.17. The van der Waals surface area contributed by atoms with Gasteiger partial charge in [0.25, 0.3) is 5.69 Å². The Kier molecular flexibility index (Phi) is 5.07. The summed E-state index contributed by atoms with van der Waals surface area (Å²) in [6.45, 7) is 2.22. The lowest BCUT2D eigenvalue weighted by molar-refractivity contribution is -0.384. The van der Waals surface area contributed by atoms with Gasteiger partial charge in [-0.3, -0.25) is 19.7 Å². The number of nitrogens with zero attached hydrogens (tertiary/aromatic N) is 2. The number of methoxy groups -OCH3 is 1. The first-order valence-corrected chi connectivity index (χ1v) is 8.39.